The molecule has 1 amide bonds. The fourth-order valence-electron chi connectivity index (χ4n) is 0.810. The van der Waals surface area contributed by atoms with Gasteiger partial charge in [-0.1, -0.05) is 13.8 Å². The van der Waals surface area contributed by atoms with Crippen molar-refractivity contribution in [2.45, 2.75) is 20.3 Å². The van der Waals surface area contributed by atoms with Crippen LogP contribution in [0.3, 0.4) is 0 Å². The van der Waals surface area contributed by atoms with E-state index in [0.29, 0.717) is 13.0 Å². The van der Waals surface area contributed by atoms with Crippen molar-refractivity contribution in [3.8, 4) is 0 Å². The smallest absolute Gasteiger partial charge is 0.221 e. The van der Waals surface area contributed by atoms with Gasteiger partial charge in [-0.3, -0.25) is 4.79 Å². The Hall–Kier alpha value is -0.610. The molecule has 0 aliphatic heterocycles. The Morgan fingerprint density at radius 2 is 2.08 bits per heavy atom. The van der Waals surface area contributed by atoms with E-state index in [9.17, 15) is 4.79 Å². The van der Waals surface area contributed by atoms with Gasteiger partial charge in [0, 0.05) is 38.6 Å². The lowest BCUT2D eigenvalue weighted by Crippen LogP contribution is -2.34. The number of hydrogen-bond donors (Lipinski definition) is 3. The molecule has 0 aromatic carbocycles. The van der Waals surface area contributed by atoms with Crippen LogP contribution in [-0.4, -0.2) is 37.8 Å². The number of amides is 1. The maximum atomic E-state index is 10.8. The molecule has 0 fully saturated rings. The number of carbonyl (C=O) groups excluding carboxylic acids is 1. The van der Waals surface area contributed by atoms with Gasteiger partial charge in [0.25, 0.3) is 0 Å². The molecule has 78 valence electrons. The second-order valence-electron chi connectivity index (χ2n) is 3.92. The molecule has 0 bridgehead atoms. The van der Waals surface area contributed by atoms with Gasteiger partial charge in [0.05, 0.1) is 0 Å². The second-order valence-corrected chi connectivity index (χ2v) is 3.92. The fraction of sp³-hybridized carbons (Fsp3) is 0.889. The number of aliphatic hydroxyl groups is 1. The Kier molecular flexibility index (Phi) is 5.66. The monoisotopic (exact) mass is 188 g/mol. The zero-order valence-electron chi connectivity index (χ0n) is 8.68. The first kappa shape index (κ1) is 12.4. The quantitative estimate of drug-likeness (QED) is 0.503. The first-order valence-electron chi connectivity index (χ1n) is 4.54. The highest BCUT2D eigenvalue weighted by atomic mass is 16.3. The maximum absolute atomic E-state index is 10.8. The van der Waals surface area contributed by atoms with Crippen molar-refractivity contribution < 1.29 is 9.90 Å². The van der Waals surface area contributed by atoms with Gasteiger partial charge in [0.15, 0.2) is 0 Å². The Morgan fingerprint density at radius 1 is 1.46 bits per heavy atom. The second kappa shape index (κ2) is 5.94. The average Bonchev–Trinajstić information content (AvgIpc) is 2.12. The molecule has 13 heavy (non-hydrogen) atoms. The summed E-state index contributed by atoms with van der Waals surface area (Å²) in [5.41, 5.74) is -0.108. The number of rotatable bonds is 6. The summed E-state index contributed by atoms with van der Waals surface area (Å²) in [7, 11) is 1.62. The lowest BCUT2D eigenvalue weighted by molar-refractivity contribution is -0.120. The lowest BCUT2D eigenvalue weighted by atomic mass is 9.95. The molecule has 0 saturated heterocycles. The summed E-state index contributed by atoms with van der Waals surface area (Å²) < 4.78 is 0. The fourth-order valence-corrected chi connectivity index (χ4v) is 0.810. The van der Waals surface area contributed by atoms with Gasteiger partial charge in [-0.15, -0.1) is 0 Å². The van der Waals surface area contributed by atoms with Crippen LogP contribution in [0.1, 0.15) is 20.3 Å². The van der Waals surface area contributed by atoms with E-state index in [1.54, 1.807) is 7.05 Å². The first-order valence-corrected chi connectivity index (χ1v) is 4.54. The molecule has 0 aromatic rings. The van der Waals surface area contributed by atoms with Crippen LogP contribution in [0.5, 0.6) is 0 Å². The van der Waals surface area contributed by atoms with Crippen molar-refractivity contribution in [2.24, 2.45) is 5.41 Å². The van der Waals surface area contributed by atoms with Crippen LogP contribution in [0.25, 0.3) is 0 Å². The van der Waals surface area contributed by atoms with Gasteiger partial charge in [-0.05, 0) is 0 Å². The molecular formula is C9H20N2O2. The average molecular weight is 188 g/mol. The van der Waals surface area contributed by atoms with Crippen LogP contribution < -0.4 is 10.6 Å². The van der Waals surface area contributed by atoms with Crippen molar-refractivity contribution in [1.82, 2.24) is 10.6 Å². The molecular weight excluding hydrogens is 168 g/mol. The van der Waals surface area contributed by atoms with Crippen molar-refractivity contribution >= 4 is 5.91 Å². The number of hydrogen-bond acceptors (Lipinski definition) is 3. The molecule has 4 heteroatoms. The summed E-state index contributed by atoms with van der Waals surface area (Å²) in [4.78, 5) is 10.8. The first-order chi connectivity index (χ1) is 6.02. The minimum Gasteiger partial charge on any atom is -0.396 e. The van der Waals surface area contributed by atoms with E-state index in [-0.39, 0.29) is 17.9 Å². The molecule has 0 heterocycles. The van der Waals surface area contributed by atoms with Gasteiger partial charge in [-0.25, -0.2) is 0 Å². The minimum absolute atomic E-state index is 0.0364. The lowest BCUT2D eigenvalue weighted by Gasteiger charge is -2.21. The summed E-state index contributed by atoms with van der Waals surface area (Å²) in [5.74, 6) is 0.0364. The van der Waals surface area contributed by atoms with E-state index < -0.39 is 0 Å². The predicted octanol–water partition coefficient (Wildman–Crippen LogP) is -0.269. The highest BCUT2D eigenvalue weighted by molar-refractivity contribution is 5.75. The molecule has 0 aliphatic rings. The maximum Gasteiger partial charge on any atom is 0.221 e. The van der Waals surface area contributed by atoms with Crippen LogP contribution in [0.2, 0.25) is 0 Å². The standard InChI is InChI=1S/C9H20N2O2/c1-9(2,7-12)6-11-5-4-8(13)10-3/h11-12H,4-7H2,1-3H3,(H,10,13). The van der Waals surface area contributed by atoms with Gasteiger partial charge >= 0.3 is 0 Å². The van der Waals surface area contributed by atoms with Gasteiger partial charge in [0.1, 0.15) is 0 Å². The van der Waals surface area contributed by atoms with Gasteiger partial charge < -0.3 is 15.7 Å². The molecule has 0 saturated carbocycles. The molecule has 0 spiro atoms. The highest BCUT2D eigenvalue weighted by Crippen LogP contribution is 2.10. The third-order valence-electron chi connectivity index (χ3n) is 1.84. The Balaban J connectivity index is 3.41. The summed E-state index contributed by atoms with van der Waals surface area (Å²) in [6, 6.07) is 0. The third kappa shape index (κ3) is 6.54. The molecule has 0 aromatic heterocycles. The Labute approximate surface area is 79.7 Å². The minimum atomic E-state index is -0.108. The van der Waals surface area contributed by atoms with E-state index in [1.807, 2.05) is 13.8 Å². The SMILES string of the molecule is CNC(=O)CCNCC(C)(C)CO. The molecule has 0 unspecified atom stereocenters. The summed E-state index contributed by atoms with van der Waals surface area (Å²) in [5, 5.41) is 14.6. The summed E-state index contributed by atoms with van der Waals surface area (Å²) >= 11 is 0. The highest BCUT2D eigenvalue weighted by Gasteiger charge is 2.15. The van der Waals surface area contributed by atoms with Crippen molar-refractivity contribution in [1.29, 1.82) is 0 Å². The van der Waals surface area contributed by atoms with Crippen molar-refractivity contribution in [2.75, 3.05) is 26.7 Å². The largest absolute Gasteiger partial charge is 0.396 e. The van der Waals surface area contributed by atoms with Crippen LogP contribution in [-0.2, 0) is 4.79 Å². The Morgan fingerprint density at radius 3 is 2.54 bits per heavy atom. The van der Waals surface area contributed by atoms with E-state index in [1.165, 1.54) is 0 Å². The number of nitrogens with one attached hydrogen (secondary N) is 2. The summed E-state index contributed by atoms with van der Waals surface area (Å²) in [6.45, 7) is 5.48. The van der Waals surface area contributed by atoms with Crippen LogP contribution >= 0.6 is 0 Å². The number of carbonyl (C=O) groups is 1. The summed E-state index contributed by atoms with van der Waals surface area (Å²) in [6.07, 6.45) is 0.484. The van der Waals surface area contributed by atoms with Crippen LogP contribution in [0.15, 0.2) is 0 Å². The molecule has 0 radical (unpaired) electrons. The van der Waals surface area contributed by atoms with Gasteiger partial charge in [-0.2, -0.15) is 0 Å². The van der Waals surface area contributed by atoms with Crippen LogP contribution in [0, 0.1) is 5.41 Å². The van der Waals surface area contributed by atoms with E-state index in [4.69, 9.17) is 5.11 Å². The Bertz CT molecular complexity index is 158. The van der Waals surface area contributed by atoms with E-state index in [0.717, 1.165) is 6.54 Å². The van der Waals surface area contributed by atoms with Gasteiger partial charge in [0.2, 0.25) is 5.91 Å². The zero-order chi connectivity index (χ0) is 10.3. The molecule has 0 aliphatic carbocycles. The van der Waals surface area contributed by atoms with E-state index in [2.05, 4.69) is 10.6 Å². The van der Waals surface area contributed by atoms with E-state index >= 15 is 0 Å². The molecule has 4 nitrogen and oxygen atoms in total. The molecule has 3 N–H and O–H groups in total. The normalized spacial score (nSPS) is 11.4. The van der Waals surface area contributed by atoms with Crippen molar-refractivity contribution in [3.05, 3.63) is 0 Å². The topological polar surface area (TPSA) is 61.4 Å². The zero-order valence-corrected chi connectivity index (χ0v) is 8.68. The number of aliphatic hydroxyl groups excluding tert-OH is 1. The van der Waals surface area contributed by atoms with Crippen molar-refractivity contribution in [3.63, 3.8) is 0 Å². The third-order valence-corrected chi connectivity index (χ3v) is 1.84. The predicted molar refractivity (Wildman–Crippen MR) is 52.4 cm³/mol. The molecule has 0 atom stereocenters. The molecule has 0 rings (SSSR count). The van der Waals surface area contributed by atoms with Crippen LogP contribution in [0.4, 0.5) is 0 Å².